The van der Waals surface area contributed by atoms with Crippen molar-refractivity contribution in [2.75, 3.05) is 29.9 Å². The van der Waals surface area contributed by atoms with Gasteiger partial charge in [-0.1, -0.05) is 0 Å². The molecule has 0 aliphatic carbocycles. The largest absolute Gasteiger partial charge is 0.423 e. The number of nitrogens with one attached hydrogen (secondary N) is 3. The molecule has 1 saturated heterocycles. The van der Waals surface area contributed by atoms with Crippen molar-refractivity contribution < 1.29 is 36.0 Å². The van der Waals surface area contributed by atoms with Gasteiger partial charge in [-0.15, -0.1) is 0 Å². The molecular weight excluding hydrogens is 476 g/mol. The zero-order chi connectivity index (χ0) is 25.1. The van der Waals surface area contributed by atoms with E-state index in [1.54, 1.807) is 10.00 Å². The number of nitrogens with zero attached hydrogens (tertiary/aromatic N) is 4. The average molecular weight is 495 g/mol. The number of hydroxylamine groups is 1. The lowest BCUT2D eigenvalue weighted by atomic mass is 9.96. The van der Waals surface area contributed by atoms with E-state index in [4.69, 9.17) is 4.84 Å². The number of rotatable bonds is 8. The van der Waals surface area contributed by atoms with E-state index in [0.717, 1.165) is 6.20 Å². The van der Waals surface area contributed by atoms with Crippen LogP contribution in [0.2, 0.25) is 0 Å². The molecule has 1 amide bonds. The van der Waals surface area contributed by atoms with Gasteiger partial charge in [-0.05, 0) is 6.92 Å². The molecule has 10 nitrogen and oxygen atoms in total. The Morgan fingerprint density at radius 2 is 1.82 bits per heavy atom. The lowest BCUT2D eigenvalue weighted by Crippen LogP contribution is -2.49. The molecule has 186 valence electrons. The first kappa shape index (κ1) is 25.2. The molecule has 0 saturated carbocycles. The Labute approximate surface area is 187 Å². The van der Waals surface area contributed by atoms with Crippen LogP contribution in [0, 0.1) is 5.92 Å². The van der Waals surface area contributed by atoms with Crippen molar-refractivity contribution >= 4 is 17.5 Å². The minimum Gasteiger partial charge on any atom is -0.378 e. The second kappa shape index (κ2) is 9.82. The minimum atomic E-state index is -4.89. The summed E-state index contributed by atoms with van der Waals surface area (Å²) in [5.41, 5.74) is -2.13. The number of anilines is 2. The van der Waals surface area contributed by atoms with Crippen LogP contribution in [0.25, 0.3) is 0 Å². The molecule has 1 aliphatic rings. The summed E-state index contributed by atoms with van der Waals surface area (Å²) in [6.45, 7) is 1.96. The van der Waals surface area contributed by atoms with E-state index < -0.39 is 46.7 Å². The molecule has 0 unspecified atom stereocenters. The maximum Gasteiger partial charge on any atom is 0.423 e. The normalized spacial score (nSPS) is 15.6. The van der Waals surface area contributed by atoms with Gasteiger partial charge in [0.05, 0.1) is 24.1 Å². The number of amides is 1. The van der Waals surface area contributed by atoms with Crippen LogP contribution in [0.15, 0.2) is 23.4 Å². The van der Waals surface area contributed by atoms with E-state index in [0.29, 0.717) is 25.5 Å². The third-order valence-corrected chi connectivity index (χ3v) is 4.74. The highest BCUT2D eigenvalue weighted by Crippen LogP contribution is 2.32. The maximum absolute atomic E-state index is 13.0. The Bertz CT molecular complexity index is 1050. The Kier molecular flexibility index (Phi) is 7.28. The highest BCUT2D eigenvalue weighted by atomic mass is 19.4. The first-order valence-electron chi connectivity index (χ1n) is 9.81. The van der Waals surface area contributed by atoms with E-state index in [1.165, 1.54) is 6.92 Å². The predicted octanol–water partition coefficient (Wildman–Crippen LogP) is 1.97. The molecule has 1 aliphatic heterocycles. The van der Waals surface area contributed by atoms with E-state index >= 15 is 0 Å². The van der Waals surface area contributed by atoms with Crippen LogP contribution in [0.4, 0.5) is 38.0 Å². The van der Waals surface area contributed by atoms with E-state index in [1.807, 2.05) is 0 Å². The number of carbonyl (C=O) groups excluding carboxylic acids is 1. The Hall–Kier alpha value is -3.43. The highest BCUT2D eigenvalue weighted by molar-refractivity contribution is 5.75. The summed E-state index contributed by atoms with van der Waals surface area (Å²) in [5.74, 6) is -0.478. The zero-order valence-electron chi connectivity index (χ0n) is 17.5. The maximum atomic E-state index is 13.0. The summed E-state index contributed by atoms with van der Waals surface area (Å²) in [4.78, 5) is 37.4. The Morgan fingerprint density at radius 1 is 1.18 bits per heavy atom. The van der Waals surface area contributed by atoms with Gasteiger partial charge in [0.1, 0.15) is 5.56 Å². The Morgan fingerprint density at radius 3 is 2.41 bits per heavy atom. The zero-order valence-corrected chi connectivity index (χ0v) is 17.5. The molecule has 2 aromatic heterocycles. The van der Waals surface area contributed by atoms with Crippen LogP contribution in [-0.4, -0.2) is 51.8 Å². The smallest absolute Gasteiger partial charge is 0.378 e. The molecule has 3 heterocycles. The van der Waals surface area contributed by atoms with Gasteiger partial charge in [-0.2, -0.15) is 31.4 Å². The van der Waals surface area contributed by atoms with Gasteiger partial charge in [0.2, 0.25) is 11.9 Å². The van der Waals surface area contributed by atoms with Crippen LogP contribution in [-0.2, 0) is 22.0 Å². The molecule has 1 atom stereocenters. The van der Waals surface area contributed by atoms with Gasteiger partial charge >= 0.3 is 12.4 Å². The lowest BCUT2D eigenvalue weighted by Gasteiger charge is -2.38. The van der Waals surface area contributed by atoms with Crippen LogP contribution >= 0.6 is 0 Å². The summed E-state index contributed by atoms with van der Waals surface area (Å²) in [5, 5.41) is 7.52. The van der Waals surface area contributed by atoms with Crippen molar-refractivity contribution in [3.05, 3.63) is 40.1 Å². The second-order valence-corrected chi connectivity index (χ2v) is 7.61. The third-order valence-electron chi connectivity index (χ3n) is 4.74. The molecule has 0 radical (unpaired) electrons. The van der Waals surface area contributed by atoms with Crippen molar-refractivity contribution in [1.29, 1.82) is 0 Å². The highest BCUT2D eigenvalue weighted by Gasteiger charge is 2.38. The molecule has 3 rings (SSSR count). The predicted molar refractivity (Wildman–Crippen MR) is 104 cm³/mol. The fourth-order valence-corrected chi connectivity index (χ4v) is 3.14. The summed E-state index contributed by atoms with van der Waals surface area (Å²) >= 11 is 0. The quantitative estimate of drug-likeness (QED) is 0.375. The van der Waals surface area contributed by atoms with Gasteiger partial charge in [0.15, 0.2) is 0 Å². The number of alkyl halides is 6. The van der Waals surface area contributed by atoms with E-state index in [2.05, 4.69) is 25.9 Å². The van der Waals surface area contributed by atoms with Crippen molar-refractivity contribution in [1.82, 2.24) is 25.6 Å². The number of aromatic nitrogens is 4. The topological polar surface area (TPSA) is 125 Å². The van der Waals surface area contributed by atoms with Gasteiger partial charge < -0.3 is 10.2 Å². The minimum absolute atomic E-state index is 0.0507. The summed E-state index contributed by atoms with van der Waals surface area (Å²) in [6.07, 6.45) is -7.18. The van der Waals surface area contributed by atoms with Crippen molar-refractivity contribution in [2.45, 2.75) is 31.7 Å². The number of carbonyl (C=O) groups is 1. The molecule has 0 aromatic carbocycles. The van der Waals surface area contributed by atoms with E-state index in [9.17, 15) is 35.9 Å². The van der Waals surface area contributed by atoms with Gasteiger partial charge in [0.25, 0.3) is 5.56 Å². The number of hydrogen-bond donors (Lipinski definition) is 3. The standard InChI is InChI=1S/C18H19F6N7O3/c1-9(28-12-5-27-29-15(33)14(12)18(22,23)24)8-34-30-13(32)2-10-6-31(7-10)16-25-3-11(4-26-16)17(19,20)21/h3-5,9-10H,2,6-8H2,1H3,(H,30,32)(H2,28,29,33)/t9-/m0/s1. The Balaban J connectivity index is 1.39. The monoisotopic (exact) mass is 495 g/mol. The molecular formula is C18H19F6N7O3. The van der Waals surface area contributed by atoms with Gasteiger partial charge in [-0.25, -0.2) is 20.5 Å². The summed E-state index contributed by atoms with van der Waals surface area (Å²) in [7, 11) is 0. The van der Waals surface area contributed by atoms with Gasteiger partial charge in [0, 0.05) is 43.9 Å². The average Bonchev–Trinajstić information content (AvgIpc) is 2.69. The molecule has 0 spiro atoms. The van der Waals surface area contributed by atoms with Crippen LogP contribution in [0.1, 0.15) is 24.5 Å². The lowest BCUT2D eigenvalue weighted by molar-refractivity contribution is -0.139. The SMILES string of the molecule is C[C@@H](CONC(=O)CC1CN(c2ncc(C(F)(F)F)cn2)C1)Nc1cn[nH]c(=O)c1C(F)(F)F. The fourth-order valence-electron chi connectivity index (χ4n) is 3.14. The summed E-state index contributed by atoms with van der Waals surface area (Å²) in [6, 6.07) is -0.721. The molecule has 34 heavy (non-hydrogen) atoms. The van der Waals surface area contributed by atoms with Crippen molar-refractivity contribution in [3.8, 4) is 0 Å². The molecule has 1 fully saturated rings. The molecule has 0 bridgehead atoms. The third kappa shape index (κ3) is 6.33. The fraction of sp³-hybridized carbons (Fsp3) is 0.500. The van der Waals surface area contributed by atoms with E-state index in [-0.39, 0.29) is 24.9 Å². The number of H-pyrrole nitrogens is 1. The van der Waals surface area contributed by atoms with Crippen molar-refractivity contribution in [2.24, 2.45) is 5.92 Å². The number of aromatic amines is 1. The van der Waals surface area contributed by atoms with Crippen LogP contribution in [0.3, 0.4) is 0 Å². The summed E-state index contributed by atoms with van der Waals surface area (Å²) < 4.78 is 76.8. The number of hydrogen-bond acceptors (Lipinski definition) is 8. The van der Waals surface area contributed by atoms with Crippen LogP contribution < -0.4 is 21.3 Å². The molecule has 2 aromatic rings. The first-order chi connectivity index (χ1) is 15.8. The molecule has 3 N–H and O–H groups in total. The first-order valence-corrected chi connectivity index (χ1v) is 9.81. The number of halogens is 6. The molecule has 16 heteroatoms. The van der Waals surface area contributed by atoms with Crippen LogP contribution in [0.5, 0.6) is 0 Å². The second-order valence-electron chi connectivity index (χ2n) is 7.61. The van der Waals surface area contributed by atoms with Gasteiger partial charge in [-0.3, -0.25) is 14.4 Å². The van der Waals surface area contributed by atoms with Crippen molar-refractivity contribution in [3.63, 3.8) is 0 Å².